The number of anilines is 1. The lowest BCUT2D eigenvalue weighted by Crippen LogP contribution is -2.45. The van der Waals surface area contributed by atoms with Crippen molar-refractivity contribution in [2.75, 3.05) is 11.9 Å². The molecule has 4 rings (SSSR count). The number of carbonyl (C=O) groups is 4. The summed E-state index contributed by atoms with van der Waals surface area (Å²) in [6.07, 6.45) is 2.91. The average molecular weight is 398 g/mol. The molecule has 1 aromatic rings. The number of hydrogen-bond acceptors (Lipinski definition) is 5. The number of fused-ring (bicyclic) bond motifs is 5. The fourth-order valence-electron chi connectivity index (χ4n) is 5.42. The number of likely N-dealkylation sites (tertiary alicyclic amines) is 1. The lowest BCUT2D eigenvalue weighted by atomic mass is 9.81. The first-order valence-electron chi connectivity index (χ1n) is 10.2. The van der Waals surface area contributed by atoms with Crippen LogP contribution in [0, 0.1) is 37.5 Å². The van der Waals surface area contributed by atoms with E-state index in [1.807, 2.05) is 32.0 Å². The van der Waals surface area contributed by atoms with Crippen LogP contribution >= 0.6 is 0 Å². The lowest BCUT2D eigenvalue weighted by Gasteiger charge is -2.23. The van der Waals surface area contributed by atoms with Gasteiger partial charge in [-0.15, -0.1) is 0 Å². The molecule has 3 aliphatic rings. The molecule has 1 saturated heterocycles. The summed E-state index contributed by atoms with van der Waals surface area (Å²) in [5, 5.41) is 2.69. The second kappa shape index (κ2) is 7.28. The van der Waals surface area contributed by atoms with Crippen LogP contribution in [0.4, 0.5) is 5.69 Å². The maximum atomic E-state index is 12.8. The average Bonchev–Trinajstić information content (AvgIpc) is 3.32. The van der Waals surface area contributed by atoms with Crippen LogP contribution in [0.15, 0.2) is 18.2 Å². The standard InChI is InChI=1S/C22H26N2O5/c1-11-6-12(2)8-16(7-11)23-17(25)10-29-22(28)13(3)24-20(26)18-14-4-5-15(9-14)19(18)21(24)27/h6-8,13-15,18-19H,4-5,9-10H2,1-3H3,(H,23,25)/t13-,14-,15-,18-,19+/m1/s1. The van der Waals surface area contributed by atoms with Crippen LogP contribution in [0.2, 0.25) is 0 Å². The van der Waals surface area contributed by atoms with Crippen LogP contribution in [0.25, 0.3) is 0 Å². The van der Waals surface area contributed by atoms with Gasteiger partial charge in [-0.1, -0.05) is 6.07 Å². The number of esters is 1. The normalized spacial score (nSPS) is 28.4. The van der Waals surface area contributed by atoms with Crippen molar-refractivity contribution in [3.05, 3.63) is 29.3 Å². The Morgan fingerprint density at radius 1 is 1.07 bits per heavy atom. The molecule has 2 aliphatic carbocycles. The van der Waals surface area contributed by atoms with Gasteiger partial charge in [0.2, 0.25) is 11.8 Å². The summed E-state index contributed by atoms with van der Waals surface area (Å²) in [5.74, 6) is -1.74. The molecule has 7 nitrogen and oxygen atoms in total. The van der Waals surface area contributed by atoms with E-state index in [2.05, 4.69) is 5.32 Å². The molecule has 2 bridgehead atoms. The van der Waals surface area contributed by atoms with Gasteiger partial charge in [0.1, 0.15) is 6.04 Å². The number of amides is 3. The highest BCUT2D eigenvalue weighted by molar-refractivity contribution is 6.08. The Morgan fingerprint density at radius 3 is 2.17 bits per heavy atom. The maximum Gasteiger partial charge on any atom is 0.329 e. The van der Waals surface area contributed by atoms with Crippen LogP contribution < -0.4 is 5.32 Å². The van der Waals surface area contributed by atoms with Gasteiger partial charge in [-0.05, 0) is 75.1 Å². The van der Waals surface area contributed by atoms with Crippen LogP contribution in [0.3, 0.4) is 0 Å². The number of aryl methyl sites for hydroxylation is 2. The molecule has 0 radical (unpaired) electrons. The minimum Gasteiger partial charge on any atom is -0.454 e. The Kier molecular flexibility index (Phi) is 4.92. The first-order valence-corrected chi connectivity index (χ1v) is 10.2. The second-order valence-corrected chi connectivity index (χ2v) is 8.64. The molecule has 7 heteroatoms. The zero-order valence-corrected chi connectivity index (χ0v) is 16.9. The number of nitrogens with zero attached hydrogens (tertiary/aromatic N) is 1. The third kappa shape index (κ3) is 3.43. The van der Waals surface area contributed by atoms with Crippen molar-refractivity contribution in [1.29, 1.82) is 0 Å². The van der Waals surface area contributed by atoms with E-state index in [4.69, 9.17) is 4.74 Å². The van der Waals surface area contributed by atoms with E-state index in [1.54, 1.807) is 0 Å². The molecule has 3 fully saturated rings. The van der Waals surface area contributed by atoms with Gasteiger partial charge < -0.3 is 10.1 Å². The Hall–Kier alpha value is -2.70. The van der Waals surface area contributed by atoms with E-state index in [9.17, 15) is 19.2 Å². The Morgan fingerprint density at radius 2 is 1.62 bits per heavy atom. The molecule has 0 spiro atoms. The minimum absolute atomic E-state index is 0.253. The lowest BCUT2D eigenvalue weighted by molar-refractivity contribution is -0.159. The van der Waals surface area contributed by atoms with Crippen molar-refractivity contribution in [3.63, 3.8) is 0 Å². The smallest absolute Gasteiger partial charge is 0.329 e. The monoisotopic (exact) mass is 398 g/mol. The summed E-state index contributed by atoms with van der Waals surface area (Å²) in [5.41, 5.74) is 2.65. The third-order valence-electron chi connectivity index (χ3n) is 6.54. The number of benzene rings is 1. The molecule has 3 amide bonds. The van der Waals surface area contributed by atoms with E-state index in [0.29, 0.717) is 5.69 Å². The van der Waals surface area contributed by atoms with E-state index in [-0.39, 0.29) is 35.5 Å². The highest BCUT2D eigenvalue weighted by Gasteiger charge is 2.62. The van der Waals surface area contributed by atoms with Crippen LogP contribution in [0.5, 0.6) is 0 Å². The molecule has 154 valence electrons. The second-order valence-electron chi connectivity index (χ2n) is 8.64. The first kappa shape index (κ1) is 19.6. The van der Waals surface area contributed by atoms with Crippen LogP contribution in [-0.2, 0) is 23.9 Å². The minimum atomic E-state index is -1.02. The van der Waals surface area contributed by atoms with Gasteiger partial charge in [-0.3, -0.25) is 19.3 Å². The zero-order chi connectivity index (χ0) is 20.9. The number of ether oxygens (including phenoxy) is 1. The summed E-state index contributed by atoms with van der Waals surface area (Å²) >= 11 is 0. The molecule has 1 aliphatic heterocycles. The number of nitrogens with one attached hydrogen (secondary N) is 1. The summed E-state index contributed by atoms with van der Waals surface area (Å²) in [6.45, 7) is 4.87. The summed E-state index contributed by atoms with van der Waals surface area (Å²) < 4.78 is 5.10. The number of carbonyl (C=O) groups excluding carboxylic acids is 4. The van der Waals surface area contributed by atoms with E-state index < -0.39 is 24.5 Å². The molecule has 2 saturated carbocycles. The quantitative estimate of drug-likeness (QED) is 0.606. The Bertz CT molecular complexity index is 847. The molecule has 0 aromatic heterocycles. The number of rotatable bonds is 5. The van der Waals surface area contributed by atoms with Crippen molar-refractivity contribution in [2.24, 2.45) is 23.7 Å². The van der Waals surface area contributed by atoms with Gasteiger partial charge >= 0.3 is 5.97 Å². The number of imide groups is 1. The van der Waals surface area contributed by atoms with E-state index in [1.165, 1.54) is 6.92 Å². The maximum absolute atomic E-state index is 12.8. The van der Waals surface area contributed by atoms with Gasteiger partial charge in [-0.25, -0.2) is 4.79 Å². The number of hydrogen-bond donors (Lipinski definition) is 1. The van der Waals surface area contributed by atoms with E-state index in [0.717, 1.165) is 35.3 Å². The van der Waals surface area contributed by atoms with Gasteiger partial charge in [0.15, 0.2) is 6.61 Å². The van der Waals surface area contributed by atoms with Crippen molar-refractivity contribution in [2.45, 2.75) is 46.1 Å². The highest BCUT2D eigenvalue weighted by atomic mass is 16.5. The molecule has 0 unspecified atom stereocenters. The molecule has 1 heterocycles. The molecule has 5 atom stereocenters. The van der Waals surface area contributed by atoms with Crippen LogP contribution in [-0.4, -0.2) is 41.2 Å². The predicted octanol–water partition coefficient (Wildman–Crippen LogP) is 2.20. The SMILES string of the molecule is Cc1cc(C)cc(NC(=O)COC(=O)[C@@H](C)N2C(=O)[C@@H]3[C@@H]4CC[C@H](C4)[C@@H]3C2=O)c1. The first-order chi connectivity index (χ1) is 13.8. The molecule has 1 aromatic carbocycles. The predicted molar refractivity (Wildman–Crippen MR) is 105 cm³/mol. The summed E-state index contributed by atoms with van der Waals surface area (Å²) in [7, 11) is 0. The Labute approximate surface area is 169 Å². The van der Waals surface area contributed by atoms with Crippen molar-refractivity contribution in [1.82, 2.24) is 4.90 Å². The van der Waals surface area contributed by atoms with Gasteiger partial charge in [-0.2, -0.15) is 0 Å². The fraction of sp³-hybridized carbons (Fsp3) is 0.545. The third-order valence-corrected chi connectivity index (χ3v) is 6.54. The Balaban J connectivity index is 1.34. The molecule has 1 N–H and O–H groups in total. The van der Waals surface area contributed by atoms with Crippen molar-refractivity contribution >= 4 is 29.4 Å². The molecule has 29 heavy (non-hydrogen) atoms. The summed E-state index contributed by atoms with van der Waals surface area (Å²) in [4.78, 5) is 51.2. The molecular weight excluding hydrogens is 372 g/mol. The van der Waals surface area contributed by atoms with Gasteiger partial charge in [0, 0.05) is 5.69 Å². The highest BCUT2D eigenvalue weighted by Crippen LogP contribution is 2.56. The molecular formula is C22H26N2O5. The van der Waals surface area contributed by atoms with Gasteiger partial charge in [0.05, 0.1) is 11.8 Å². The van der Waals surface area contributed by atoms with Gasteiger partial charge in [0.25, 0.3) is 5.91 Å². The van der Waals surface area contributed by atoms with Crippen molar-refractivity contribution < 1.29 is 23.9 Å². The summed E-state index contributed by atoms with van der Waals surface area (Å²) in [6, 6.07) is 4.62. The van der Waals surface area contributed by atoms with Crippen molar-refractivity contribution in [3.8, 4) is 0 Å². The fourth-order valence-corrected chi connectivity index (χ4v) is 5.42. The van der Waals surface area contributed by atoms with Crippen LogP contribution in [0.1, 0.15) is 37.3 Å². The van der Waals surface area contributed by atoms with E-state index >= 15 is 0 Å². The zero-order valence-electron chi connectivity index (χ0n) is 16.9. The largest absolute Gasteiger partial charge is 0.454 e. The topological polar surface area (TPSA) is 92.8 Å².